The number of nitrogens with zero attached hydrogens (tertiary/aromatic N) is 4. The van der Waals surface area contributed by atoms with Crippen LogP contribution in [-0.2, 0) is 0 Å². The largest absolute Gasteiger partial charge is 0.368 e. The molecule has 0 spiro atoms. The average Bonchev–Trinajstić information content (AvgIpc) is 2.02. The van der Waals surface area contributed by atoms with Crippen LogP contribution >= 0.6 is 0 Å². The van der Waals surface area contributed by atoms with Crippen LogP contribution in [0.15, 0.2) is 0 Å². The number of aryl methyl sites for hydroxylation is 1. The fourth-order valence-corrected chi connectivity index (χ4v) is 1.03. The van der Waals surface area contributed by atoms with E-state index in [1.54, 1.807) is 11.8 Å². The summed E-state index contributed by atoms with van der Waals surface area (Å²) in [6.45, 7) is 1.74. The van der Waals surface area contributed by atoms with Crippen LogP contribution in [0.1, 0.15) is 11.3 Å². The van der Waals surface area contributed by atoms with Gasteiger partial charge in [0.05, 0.1) is 5.69 Å². The lowest BCUT2D eigenvalue weighted by Gasteiger charge is -2.13. The Morgan fingerprint density at radius 1 is 1.38 bits per heavy atom. The van der Waals surface area contributed by atoms with Gasteiger partial charge in [-0.3, -0.25) is 0 Å². The molecule has 0 saturated heterocycles. The van der Waals surface area contributed by atoms with Crippen LogP contribution in [0, 0.1) is 18.3 Å². The molecule has 2 N–H and O–H groups in total. The van der Waals surface area contributed by atoms with E-state index in [2.05, 4.69) is 16.0 Å². The van der Waals surface area contributed by atoms with Crippen molar-refractivity contribution in [2.45, 2.75) is 6.92 Å². The summed E-state index contributed by atoms with van der Waals surface area (Å²) in [4.78, 5) is 9.62. The monoisotopic (exact) mass is 177 g/mol. The standard InChI is InChI=1S/C8H11N5/c1-5-6(4-9)7(13(2)3)12-8(10)11-5/h1-3H3,(H2,10,11,12). The third-order valence-electron chi connectivity index (χ3n) is 1.62. The molecule has 13 heavy (non-hydrogen) atoms. The van der Waals surface area contributed by atoms with E-state index >= 15 is 0 Å². The van der Waals surface area contributed by atoms with Gasteiger partial charge in [0.1, 0.15) is 11.6 Å². The molecule has 1 aromatic heterocycles. The summed E-state index contributed by atoms with van der Waals surface area (Å²) in [7, 11) is 3.62. The number of nitrogens with two attached hydrogens (primary N) is 1. The molecule has 0 radical (unpaired) electrons. The molecule has 0 atom stereocenters. The second-order valence-corrected chi connectivity index (χ2v) is 2.87. The van der Waals surface area contributed by atoms with Crippen molar-refractivity contribution in [2.24, 2.45) is 0 Å². The Hall–Kier alpha value is -1.83. The summed E-state index contributed by atoms with van der Waals surface area (Å²) in [5.41, 5.74) is 6.54. The lowest BCUT2D eigenvalue weighted by atomic mass is 10.2. The molecule has 1 rings (SSSR count). The van der Waals surface area contributed by atoms with E-state index in [9.17, 15) is 0 Å². The predicted molar refractivity (Wildman–Crippen MR) is 50.2 cm³/mol. The summed E-state index contributed by atoms with van der Waals surface area (Å²) >= 11 is 0. The van der Waals surface area contributed by atoms with E-state index < -0.39 is 0 Å². The Balaban J connectivity index is 3.41. The number of rotatable bonds is 1. The van der Waals surface area contributed by atoms with Crippen molar-refractivity contribution in [1.82, 2.24) is 9.97 Å². The number of hydrogen-bond donors (Lipinski definition) is 1. The molecule has 1 heterocycles. The van der Waals surface area contributed by atoms with E-state index in [-0.39, 0.29) is 5.95 Å². The topological polar surface area (TPSA) is 78.8 Å². The first-order chi connectivity index (χ1) is 6.06. The second-order valence-electron chi connectivity index (χ2n) is 2.87. The Kier molecular flexibility index (Phi) is 2.33. The van der Waals surface area contributed by atoms with Crippen LogP contribution in [0.3, 0.4) is 0 Å². The molecule has 68 valence electrons. The minimum atomic E-state index is 0.195. The fourth-order valence-electron chi connectivity index (χ4n) is 1.03. The van der Waals surface area contributed by atoms with Gasteiger partial charge < -0.3 is 10.6 Å². The quantitative estimate of drug-likeness (QED) is 0.667. The number of hydrogen-bond acceptors (Lipinski definition) is 5. The highest BCUT2D eigenvalue weighted by Gasteiger charge is 2.10. The third-order valence-corrected chi connectivity index (χ3v) is 1.62. The highest BCUT2D eigenvalue weighted by molar-refractivity contribution is 5.56. The van der Waals surface area contributed by atoms with Gasteiger partial charge in [0, 0.05) is 14.1 Å². The summed E-state index contributed by atoms with van der Waals surface area (Å²) < 4.78 is 0. The number of aromatic nitrogens is 2. The first-order valence-electron chi connectivity index (χ1n) is 3.77. The molecule has 5 nitrogen and oxygen atoms in total. The summed E-state index contributed by atoms with van der Waals surface area (Å²) in [5.74, 6) is 0.757. The van der Waals surface area contributed by atoms with Gasteiger partial charge in [-0.15, -0.1) is 0 Å². The van der Waals surface area contributed by atoms with Gasteiger partial charge in [-0.2, -0.15) is 10.2 Å². The summed E-state index contributed by atoms with van der Waals surface area (Å²) in [6, 6.07) is 2.05. The lowest BCUT2D eigenvalue weighted by Crippen LogP contribution is -2.15. The minimum Gasteiger partial charge on any atom is -0.368 e. The molecule has 1 aromatic rings. The normalized spacial score (nSPS) is 9.38. The van der Waals surface area contributed by atoms with Crippen molar-refractivity contribution in [2.75, 3.05) is 24.7 Å². The molecule has 0 saturated carbocycles. The summed E-state index contributed by atoms with van der Waals surface area (Å²) in [6.07, 6.45) is 0. The molecule has 0 amide bonds. The highest BCUT2D eigenvalue weighted by atomic mass is 15.2. The highest BCUT2D eigenvalue weighted by Crippen LogP contribution is 2.17. The maximum absolute atomic E-state index is 8.84. The third kappa shape index (κ3) is 1.67. The molecular formula is C8H11N5. The maximum atomic E-state index is 8.84. The van der Waals surface area contributed by atoms with Gasteiger partial charge in [0.2, 0.25) is 5.95 Å². The maximum Gasteiger partial charge on any atom is 0.222 e. The van der Waals surface area contributed by atoms with Crippen molar-refractivity contribution in [3.8, 4) is 6.07 Å². The van der Waals surface area contributed by atoms with E-state index in [4.69, 9.17) is 11.0 Å². The molecule has 0 aliphatic rings. The zero-order chi connectivity index (χ0) is 10.0. The average molecular weight is 177 g/mol. The molecule has 5 heteroatoms. The molecule has 0 fully saturated rings. The van der Waals surface area contributed by atoms with Crippen molar-refractivity contribution in [1.29, 1.82) is 5.26 Å². The van der Waals surface area contributed by atoms with Crippen molar-refractivity contribution < 1.29 is 0 Å². The zero-order valence-corrected chi connectivity index (χ0v) is 7.87. The van der Waals surface area contributed by atoms with Crippen LogP contribution in [-0.4, -0.2) is 24.1 Å². The van der Waals surface area contributed by atoms with Gasteiger partial charge in [-0.05, 0) is 6.92 Å². The zero-order valence-electron chi connectivity index (χ0n) is 7.87. The van der Waals surface area contributed by atoms with Crippen LogP contribution < -0.4 is 10.6 Å². The van der Waals surface area contributed by atoms with E-state index in [1.807, 2.05) is 14.1 Å². The fraction of sp³-hybridized carbons (Fsp3) is 0.375. The molecule has 0 aliphatic carbocycles. The Morgan fingerprint density at radius 3 is 2.46 bits per heavy atom. The number of nitrogen functional groups attached to an aromatic ring is 1. The van der Waals surface area contributed by atoms with Crippen molar-refractivity contribution in [3.63, 3.8) is 0 Å². The molecule has 0 bridgehead atoms. The molecule has 0 aliphatic heterocycles. The Bertz CT molecular complexity index is 364. The minimum absolute atomic E-state index is 0.195. The van der Waals surface area contributed by atoms with E-state index in [0.29, 0.717) is 17.1 Å². The van der Waals surface area contributed by atoms with E-state index in [0.717, 1.165) is 0 Å². The van der Waals surface area contributed by atoms with Crippen LogP contribution in [0.5, 0.6) is 0 Å². The molecule has 0 unspecified atom stereocenters. The predicted octanol–water partition coefficient (Wildman–Crippen LogP) is 0.305. The van der Waals surface area contributed by atoms with Gasteiger partial charge in [-0.1, -0.05) is 0 Å². The van der Waals surface area contributed by atoms with Crippen LogP contribution in [0.2, 0.25) is 0 Å². The lowest BCUT2D eigenvalue weighted by molar-refractivity contribution is 1.01. The van der Waals surface area contributed by atoms with Gasteiger partial charge in [0.25, 0.3) is 0 Å². The molecular weight excluding hydrogens is 166 g/mol. The van der Waals surface area contributed by atoms with Crippen molar-refractivity contribution >= 4 is 11.8 Å². The summed E-state index contributed by atoms with van der Waals surface area (Å²) in [5, 5.41) is 8.84. The number of nitriles is 1. The first-order valence-corrected chi connectivity index (χ1v) is 3.77. The first kappa shape index (κ1) is 9.26. The Labute approximate surface area is 76.8 Å². The van der Waals surface area contributed by atoms with Gasteiger partial charge >= 0.3 is 0 Å². The molecule has 0 aromatic carbocycles. The van der Waals surface area contributed by atoms with Gasteiger partial charge in [-0.25, -0.2) is 4.98 Å². The second kappa shape index (κ2) is 3.27. The Morgan fingerprint density at radius 2 is 2.00 bits per heavy atom. The van der Waals surface area contributed by atoms with Crippen molar-refractivity contribution in [3.05, 3.63) is 11.3 Å². The van der Waals surface area contributed by atoms with Gasteiger partial charge in [0.15, 0.2) is 5.82 Å². The number of anilines is 2. The van der Waals surface area contributed by atoms with Crippen LogP contribution in [0.4, 0.5) is 11.8 Å². The van der Waals surface area contributed by atoms with Crippen LogP contribution in [0.25, 0.3) is 0 Å². The van der Waals surface area contributed by atoms with E-state index in [1.165, 1.54) is 0 Å². The SMILES string of the molecule is Cc1nc(N)nc(N(C)C)c1C#N. The smallest absolute Gasteiger partial charge is 0.222 e.